The molecule has 10 heteroatoms. The fraction of sp³-hybridized carbons (Fsp3) is 0.476. The summed E-state index contributed by atoms with van der Waals surface area (Å²) in [6.45, 7) is 3.31. The molecular weight excluding hydrogens is 398 g/mol. The van der Waals surface area contributed by atoms with Crippen molar-refractivity contribution >= 4 is 23.7 Å². The van der Waals surface area contributed by atoms with Gasteiger partial charge < -0.3 is 15.5 Å². The quantitative estimate of drug-likeness (QED) is 0.646. The van der Waals surface area contributed by atoms with Gasteiger partial charge in [-0.25, -0.2) is 4.68 Å². The third-order valence-corrected chi connectivity index (χ3v) is 6.11. The number of aromatic nitrogens is 3. The van der Waals surface area contributed by atoms with E-state index in [1.54, 1.807) is 4.90 Å². The molecule has 1 aromatic carbocycles. The number of carbonyl (C=O) groups excluding carboxylic acids is 3. The molecule has 0 spiro atoms. The number of fused-ring (bicyclic) bond motifs is 2. The molecule has 0 saturated carbocycles. The van der Waals surface area contributed by atoms with Gasteiger partial charge in [-0.15, -0.1) is 0 Å². The Morgan fingerprint density at radius 1 is 1.19 bits per heavy atom. The Morgan fingerprint density at radius 2 is 2.06 bits per heavy atom. The van der Waals surface area contributed by atoms with Crippen LogP contribution in [0, 0.1) is 0 Å². The van der Waals surface area contributed by atoms with E-state index in [1.165, 1.54) is 0 Å². The first kappa shape index (κ1) is 19.7. The van der Waals surface area contributed by atoms with E-state index >= 15 is 0 Å². The lowest BCUT2D eigenvalue weighted by molar-refractivity contribution is -0.136. The molecule has 3 amide bonds. The number of hydrogen-bond acceptors (Lipinski definition) is 7. The number of benzene rings is 1. The minimum atomic E-state index is -0.595. The predicted molar refractivity (Wildman–Crippen MR) is 111 cm³/mol. The maximum absolute atomic E-state index is 12.9. The number of amides is 3. The summed E-state index contributed by atoms with van der Waals surface area (Å²) in [6, 6.07) is 5.24. The molecular formula is C21H25N7O3. The Morgan fingerprint density at radius 3 is 2.87 bits per heavy atom. The molecule has 3 N–H and O–H groups in total. The highest BCUT2D eigenvalue weighted by Crippen LogP contribution is 2.29. The van der Waals surface area contributed by atoms with Crippen molar-refractivity contribution in [2.75, 3.05) is 18.0 Å². The van der Waals surface area contributed by atoms with E-state index in [4.69, 9.17) is 5.73 Å². The largest absolute Gasteiger partial charge is 0.337 e. The Hall–Kier alpha value is -3.27. The van der Waals surface area contributed by atoms with Crippen LogP contribution in [0.15, 0.2) is 18.2 Å². The lowest BCUT2D eigenvalue weighted by Crippen LogP contribution is -2.52. The van der Waals surface area contributed by atoms with Crippen molar-refractivity contribution < 1.29 is 14.4 Å². The Balaban J connectivity index is 1.33. The van der Waals surface area contributed by atoms with Crippen LogP contribution >= 0.6 is 0 Å². The minimum absolute atomic E-state index is 0.153. The van der Waals surface area contributed by atoms with Gasteiger partial charge in [-0.1, -0.05) is 12.1 Å². The van der Waals surface area contributed by atoms with Gasteiger partial charge >= 0.3 is 0 Å². The van der Waals surface area contributed by atoms with E-state index in [1.807, 2.05) is 22.9 Å². The number of nitrogens with zero attached hydrogens (tertiary/aromatic N) is 5. The zero-order chi connectivity index (χ0) is 21.5. The molecule has 3 aliphatic rings. The Bertz CT molecular complexity index is 1060. The second-order valence-corrected chi connectivity index (χ2v) is 8.26. The van der Waals surface area contributed by atoms with Crippen LogP contribution in [0.1, 0.15) is 46.6 Å². The average molecular weight is 423 g/mol. The van der Waals surface area contributed by atoms with Crippen LogP contribution in [0.3, 0.4) is 0 Å². The molecule has 4 heterocycles. The zero-order valence-electron chi connectivity index (χ0n) is 17.2. The molecule has 2 aromatic rings. The fourth-order valence-electron chi connectivity index (χ4n) is 4.61. The summed E-state index contributed by atoms with van der Waals surface area (Å²) in [5, 5.41) is 6.88. The first-order chi connectivity index (χ1) is 15.0. The average Bonchev–Trinajstić information content (AvgIpc) is 3.30. The van der Waals surface area contributed by atoms with Crippen LogP contribution in [-0.2, 0) is 35.6 Å². The van der Waals surface area contributed by atoms with Gasteiger partial charge in [0.25, 0.3) is 5.91 Å². The molecule has 0 aliphatic carbocycles. The van der Waals surface area contributed by atoms with Crippen molar-refractivity contribution in [3.8, 4) is 0 Å². The molecule has 0 bridgehead atoms. The summed E-state index contributed by atoms with van der Waals surface area (Å²) in [5.41, 5.74) is 8.26. The molecule has 1 atom stereocenters. The number of aryl methyl sites for hydroxylation is 1. The van der Waals surface area contributed by atoms with Crippen LogP contribution in [-0.4, -0.2) is 56.5 Å². The second-order valence-electron chi connectivity index (χ2n) is 8.26. The molecule has 1 saturated heterocycles. The molecule has 31 heavy (non-hydrogen) atoms. The van der Waals surface area contributed by atoms with Gasteiger partial charge in [0.1, 0.15) is 6.04 Å². The molecule has 3 aliphatic heterocycles. The molecule has 0 radical (unpaired) electrons. The van der Waals surface area contributed by atoms with Crippen LogP contribution in [0.5, 0.6) is 0 Å². The third kappa shape index (κ3) is 3.56. The summed E-state index contributed by atoms with van der Waals surface area (Å²) in [6.07, 6.45) is 2.27. The molecule has 1 aromatic heterocycles. The Labute approximate surface area is 179 Å². The number of nitrogens with two attached hydrogens (primary N) is 1. The lowest BCUT2D eigenvalue weighted by atomic mass is 10.0. The molecule has 1 fully saturated rings. The first-order valence-corrected chi connectivity index (χ1v) is 10.7. The highest BCUT2D eigenvalue weighted by atomic mass is 16.2. The van der Waals surface area contributed by atoms with Gasteiger partial charge in [-0.05, 0) is 36.6 Å². The van der Waals surface area contributed by atoms with Crippen LogP contribution in [0.2, 0.25) is 0 Å². The smallest absolute Gasteiger partial charge is 0.255 e. The number of imide groups is 1. The van der Waals surface area contributed by atoms with Crippen LogP contribution < -0.4 is 16.0 Å². The van der Waals surface area contributed by atoms with Crippen molar-refractivity contribution in [1.29, 1.82) is 0 Å². The normalized spacial score (nSPS) is 20.7. The van der Waals surface area contributed by atoms with Crippen molar-refractivity contribution in [3.05, 3.63) is 40.7 Å². The number of hydrogen-bond donors (Lipinski definition) is 2. The number of anilines is 1. The Kier molecular flexibility index (Phi) is 4.93. The van der Waals surface area contributed by atoms with E-state index in [9.17, 15) is 14.4 Å². The first-order valence-electron chi connectivity index (χ1n) is 10.7. The van der Waals surface area contributed by atoms with Crippen molar-refractivity contribution in [1.82, 2.24) is 25.0 Å². The summed E-state index contributed by atoms with van der Waals surface area (Å²) < 4.78 is 1.94. The zero-order valence-corrected chi connectivity index (χ0v) is 17.2. The van der Waals surface area contributed by atoms with Gasteiger partial charge in [0, 0.05) is 44.6 Å². The van der Waals surface area contributed by atoms with Crippen LogP contribution in [0.25, 0.3) is 0 Å². The standard InChI is InChI=1S/C21H25N7O3/c22-7-6-17-23-21-26(8-1-9-28(21)25-17)11-13-2-3-15-14(10-13)12-27(20(15)31)16-4-5-18(29)24-19(16)30/h2-3,10,16H,1,4-9,11-12,22H2,(H,24,29,30). The van der Waals surface area contributed by atoms with Gasteiger partial charge in [-0.2, -0.15) is 10.1 Å². The second kappa shape index (κ2) is 7.77. The summed E-state index contributed by atoms with van der Waals surface area (Å²) in [4.78, 5) is 45.0. The molecule has 1 unspecified atom stereocenters. The number of nitrogens with one attached hydrogen (secondary N) is 1. The highest BCUT2D eigenvalue weighted by Gasteiger charge is 2.39. The van der Waals surface area contributed by atoms with Crippen molar-refractivity contribution in [2.45, 2.75) is 51.4 Å². The third-order valence-electron chi connectivity index (χ3n) is 6.11. The van der Waals surface area contributed by atoms with E-state index in [0.717, 1.165) is 42.4 Å². The topological polar surface area (TPSA) is 126 Å². The monoisotopic (exact) mass is 423 g/mol. The number of rotatable bonds is 5. The SMILES string of the molecule is NCCc1nc2n(n1)CCCN2Cc1ccc2c(c1)CN(C1CCC(=O)NC1=O)C2=O. The minimum Gasteiger partial charge on any atom is -0.337 e. The summed E-state index contributed by atoms with van der Waals surface area (Å²) in [7, 11) is 0. The van der Waals surface area contributed by atoms with Gasteiger partial charge in [0.05, 0.1) is 0 Å². The number of carbonyl (C=O) groups is 3. The maximum atomic E-state index is 12.9. The molecule has 5 rings (SSSR count). The van der Waals surface area contributed by atoms with E-state index in [2.05, 4.69) is 20.3 Å². The fourth-order valence-corrected chi connectivity index (χ4v) is 4.61. The highest BCUT2D eigenvalue weighted by molar-refractivity contribution is 6.05. The van der Waals surface area contributed by atoms with Crippen molar-refractivity contribution in [2.24, 2.45) is 5.73 Å². The molecule has 162 valence electrons. The van der Waals surface area contributed by atoms with E-state index < -0.39 is 11.9 Å². The summed E-state index contributed by atoms with van der Waals surface area (Å²) >= 11 is 0. The summed E-state index contributed by atoms with van der Waals surface area (Å²) in [5.74, 6) is 0.802. The van der Waals surface area contributed by atoms with Crippen molar-refractivity contribution in [3.63, 3.8) is 0 Å². The lowest BCUT2D eigenvalue weighted by Gasteiger charge is -2.29. The van der Waals surface area contributed by atoms with Crippen LogP contribution in [0.4, 0.5) is 5.95 Å². The maximum Gasteiger partial charge on any atom is 0.255 e. The number of piperidine rings is 1. The van der Waals surface area contributed by atoms with E-state index in [-0.39, 0.29) is 18.2 Å². The van der Waals surface area contributed by atoms with E-state index in [0.29, 0.717) is 38.0 Å². The van der Waals surface area contributed by atoms with Gasteiger partial charge in [0.2, 0.25) is 17.8 Å². The molecule has 10 nitrogen and oxygen atoms in total. The van der Waals surface area contributed by atoms with Gasteiger partial charge in [-0.3, -0.25) is 19.7 Å². The van der Waals surface area contributed by atoms with Gasteiger partial charge in [0.15, 0.2) is 5.82 Å². The predicted octanol–water partition coefficient (Wildman–Crippen LogP) is -0.0494.